The molecule has 1 fully saturated rings. The second-order valence-electron chi connectivity index (χ2n) is 5.18. The first-order valence-corrected chi connectivity index (χ1v) is 7.47. The van der Waals surface area contributed by atoms with Gasteiger partial charge in [0, 0.05) is 32.3 Å². The van der Waals surface area contributed by atoms with E-state index in [0.717, 1.165) is 36.3 Å². The number of ether oxygens (including phenoxy) is 2. The van der Waals surface area contributed by atoms with Crippen molar-refractivity contribution in [1.29, 1.82) is 0 Å². The summed E-state index contributed by atoms with van der Waals surface area (Å²) in [6.45, 7) is 3.05. The highest BCUT2D eigenvalue weighted by molar-refractivity contribution is 14.0. The molecule has 124 valence electrons. The molecular weight excluding hydrogens is 393 g/mol. The van der Waals surface area contributed by atoms with Crippen LogP contribution in [0.4, 0.5) is 0 Å². The van der Waals surface area contributed by atoms with Gasteiger partial charge in [-0.15, -0.1) is 24.0 Å². The first-order chi connectivity index (χ1) is 10.3. The molecule has 1 aliphatic rings. The summed E-state index contributed by atoms with van der Waals surface area (Å²) in [5.74, 6) is 2.47. The number of nitrogens with one attached hydrogen (secondary N) is 2. The summed E-state index contributed by atoms with van der Waals surface area (Å²) < 4.78 is 10.9. The minimum Gasteiger partial charge on any atom is -0.496 e. The van der Waals surface area contributed by atoms with Gasteiger partial charge in [-0.3, -0.25) is 4.99 Å². The Kier molecular flexibility index (Phi) is 9.22. The van der Waals surface area contributed by atoms with E-state index in [1.165, 1.54) is 12.8 Å². The third-order valence-electron chi connectivity index (χ3n) is 3.45. The lowest BCUT2D eigenvalue weighted by atomic mass is 10.2. The van der Waals surface area contributed by atoms with Crippen LogP contribution in [0.3, 0.4) is 0 Å². The van der Waals surface area contributed by atoms with E-state index in [1.54, 1.807) is 14.2 Å². The largest absolute Gasteiger partial charge is 0.496 e. The fourth-order valence-corrected chi connectivity index (χ4v) is 2.02. The molecule has 0 aliphatic heterocycles. The summed E-state index contributed by atoms with van der Waals surface area (Å²) >= 11 is 0. The Hall–Kier alpha value is -1.02. The van der Waals surface area contributed by atoms with E-state index in [-0.39, 0.29) is 24.0 Å². The molecule has 0 aromatic heterocycles. The Morgan fingerprint density at radius 1 is 1.27 bits per heavy atom. The maximum Gasteiger partial charge on any atom is 0.191 e. The summed E-state index contributed by atoms with van der Waals surface area (Å²) in [7, 11) is 3.45. The van der Waals surface area contributed by atoms with Crippen LogP contribution in [0.5, 0.6) is 5.75 Å². The molecule has 5 nitrogen and oxygen atoms in total. The van der Waals surface area contributed by atoms with Gasteiger partial charge in [0.1, 0.15) is 5.75 Å². The van der Waals surface area contributed by atoms with Crippen molar-refractivity contribution in [3.63, 3.8) is 0 Å². The van der Waals surface area contributed by atoms with Crippen LogP contribution in [-0.4, -0.2) is 39.9 Å². The first-order valence-electron chi connectivity index (χ1n) is 7.47. The number of rotatable bonds is 8. The number of guanidine groups is 1. The van der Waals surface area contributed by atoms with Crippen LogP contribution in [0.2, 0.25) is 0 Å². The van der Waals surface area contributed by atoms with Crippen LogP contribution in [0.1, 0.15) is 18.4 Å². The third-order valence-corrected chi connectivity index (χ3v) is 3.45. The van der Waals surface area contributed by atoms with Gasteiger partial charge in [-0.2, -0.15) is 0 Å². The number of methoxy groups -OCH3 is 1. The van der Waals surface area contributed by atoms with Crippen molar-refractivity contribution in [2.75, 3.05) is 33.9 Å². The van der Waals surface area contributed by atoms with Gasteiger partial charge in [0.2, 0.25) is 0 Å². The quantitative estimate of drug-likeness (QED) is 0.294. The van der Waals surface area contributed by atoms with Gasteiger partial charge in [-0.05, 0) is 24.8 Å². The summed E-state index contributed by atoms with van der Waals surface area (Å²) in [4.78, 5) is 4.20. The predicted molar refractivity (Wildman–Crippen MR) is 100 cm³/mol. The number of aliphatic imine (C=N–C) groups is 1. The van der Waals surface area contributed by atoms with Gasteiger partial charge in [0.15, 0.2) is 5.96 Å². The summed E-state index contributed by atoms with van der Waals surface area (Å²) in [5.41, 5.74) is 1.10. The lowest BCUT2D eigenvalue weighted by Gasteiger charge is -2.13. The highest BCUT2D eigenvalue weighted by Gasteiger charge is 2.20. The summed E-state index contributed by atoms with van der Waals surface area (Å²) in [6, 6.07) is 7.96. The number of benzene rings is 1. The standard InChI is InChI=1S/C16H25N3O2.HI/c1-17-16(18-9-10-21-12-13-7-8-13)19-11-14-5-3-4-6-15(14)20-2;/h3-6,13H,7-12H2,1-2H3,(H2,17,18,19);1H. The summed E-state index contributed by atoms with van der Waals surface area (Å²) in [6.07, 6.45) is 2.66. The fourth-order valence-electron chi connectivity index (χ4n) is 2.02. The predicted octanol–water partition coefficient (Wildman–Crippen LogP) is 2.40. The van der Waals surface area contributed by atoms with Gasteiger partial charge in [0.05, 0.1) is 13.7 Å². The van der Waals surface area contributed by atoms with Crippen LogP contribution in [0.15, 0.2) is 29.3 Å². The maximum atomic E-state index is 5.59. The number of halogens is 1. The number of hydrogen-bond donors (Lipinski definition) is 2. The van der Waals surface area contributed by atoms with E-state index < -0.39 is 0 Å². The van der Waals surface area contributed by atoms with Gasteiger partial charge in [0.25, 0.3) is 0 Å². The molecule has 1 aliphatic carbocycles. The molecule has 6 heteroatoms. The second kappa shape index (κ2) is 10.7. The Morgan fingerprint density at radius 2 is 2.05 bits per heavy atom. The van der Waals surface area contributed by atoms with E-state index in [0.29, 0.717) is 13.2 Å². The smallest absolute Gasteiger partial charge is 0.191 e. The highest BCUT2D eigenvalue weighted by Crippen LogP contribution is 2.28. The first kappa shape index (κ1) is 19.0. The molecule has 0 saturated heterocycles. The van der Waals surface area contributed by atoms with Crippen molar-refractivity contribution in [3.8, 4) is 5.75 Å². The van der Waals surface area contributed by atoms with Crippen molar-refractivity contribution in [2.45, 2.75) is 19.4 Å². The van der Waals surface area contributed by atoms with Crippen LogP contribution in [0.25, 0.3) is 0 Å². The van der Waals surface area contributed by atoms with Gasteiger partial charge < -0.3 is 20.1 Å². The molecule has 1 aromatic carbocycles. The molecule has 0 heterocycles. The van der Waals surface area contributed by atoms with E-state index in [9.17, 15) is 0 Å². The molecule has 0 radical (unpaired) electrons. The van der Waals surface area contributed by atoms with Crippen LogP contribution < -0.4 is 15.4 Å². The average molecular weight is 419 g/mol. The second-order valence-corrected chi connectivity index (χ2v) is 5.18. The molecular formula is C16H26IN3O2. The molecule has 0 spiro atoms. The van der Waals surface area contributed by atoms with Crippen molar-refractivity contribution in [3.05, 3.63) is 29.8 Å². The SMILES string of the molecule is CN=C(NCCOCC1CC1)NCc1ccccc1OC.I. The molecule has 22 heavy (non-hydrogen) atoms. The average Bonchev–Trinajstić information content (AvgIpc) is 3.34. The molecule has 0 bridgehead atoms. The molecule has 0 atom stereocenters. The molecule has 2 rings (SSSR count). The van der Waals surface area contributed by atoms with Gasteiger partial charge >= 0.3 is 0 Å². The van der Waals surface area contributed by atoms with E-state index >= 15 is 0 Å². The zero-order valence-corrected chi connectivity index (χ0v) is 15.6. The zero-order chi connectivity index (χ0) is 14.9. The van der Waals surface area contributed by atoms with Crippen molar-refractivity contribution < 1.29 is 9.47 Å². The highest BCUT2D eigenvalue weighted by atomic mass is 127. The van der Waals surface area contributed by atoms with E-state index in [1.807, 2.05) is 24.3 Å². The van der Waals surface area contributed by atoms with E-state index in [2.05, 4.69) is 15.6 Å². The molecule has 1 aromatic rings. The minimum absolute atomic E-state index is 0. The topological polar surface area (TPSA) is 54.9 Å². The molecule has 0 amide bonds. The fraction of sp³-hybridized carbons (Fsp3) is 0.562. The van der Waals surface area contributed by atoms with Crippen LogP contribution >= 0.6 is 24.0 Å². The normalized spacial score (nSPS) is 14.2. The van der Waals surface area contributed by atoms with Crippen LogP contribution in [-0.2, 0) is 11.3 Å². The van der Waals surface area contributed by atoms with Crippen molar-refractivity contribution >= 4 is 29.9 Å². The van der Waals surface area contributed by atoms with E-state index in [4.69, 9.17) is 9.47 Å². The number of hydrogen-bond acceptors (Lipinski definition) is 3. The maximum absolute atomic E-state index is 5.59. The Morgan fingerprint density at radius 3 is 2.73 bits per heavy atom. The van der Waals surface area contributed by atoms with Crippen molar-refractivity contribution in [1.82, 2.24) is 10.6 Å². The zero-order valence-electron chi connectivity index (χ0n) is 13.3. The molecule has 2 N–H and O–H groups in total. The monoisotopic (exact) mass is 419 g/mol. The van der Waals surface area contributed by atoms with Gasteiger partial charge in [-0.1, -0.05) is 18.2 Å². The Labute approximate surface area is 149 Å². The van der Waals surface area contributed by atoms with Gasteiger partial charge in [-0.25, -0.2) is 0 Å². The third kappa shape index (κ3) is 6.83. The van der Waals surface area contributed by atoms with Crippen molar-refractivity contribution in [2.24, 2.45) is 10.9 Å². The summed E-state index contributed by atoms with van der Waals surface area (Å²) in [5, 5.41) is 6.52. The Balaban J connectivity index is 0.00000242. The Bertz CT molecular complexity index is 464. The molecule has 1 saturated carbocycles. The molecule has 0 unspecified atom stereocenters. The number of para-hydroxylation sites is 1. The lowest BCUT2D eigenvalue weighted by molar-refractivity contribution is 0.129. The number of nitrogens with zero attached hydrogens (tertiary/aromatic N) is 1. The minimum atomic E-state index is 0. The lowest BCUT2D eigenvalue weighted by Crippen LogP contribution is -2.38. The van der Waals surface area contributed by atoms with Crippen LogP contribution in [0, 0.1) is 5.92 Å².